The Morgan fingerprint density at radius 3 is 2.19 bits per heavy atom. The van der Waals surface area contributed by atoms with Gasteiger partial charge in [-0.25, -0.2) is 0 Å². The van der Waals surface area contributed by atoms with E-state index in [0.717, 1.165) is 44.1 Å². The third-order valence-electron chi connectivity index (χ3n) is 4.76. The summed E-state index contributed by atoms with van der Waals surface area (Å²) in [6, 6.07) is 8.17. The number of hydrogen-bond donors (Lipinski definition) is 0. The molecule has 0 N–H and O–H groups in total. The monoisotopic (exact) mass is 286 g/mol. The summed E-state index contributed by atoms with van der Waals surface area (Å²) in [5.74, 6) is 1.42. The predicted molar refractivity (Wildman–Crippen MR) is 85.7 cm³/mol. The minimum Gasteiger partial charge on any atom is -0.300 e. The number of hydrogen-bond acceptors (Lipinski definition) is 2. The van der Waals surface area contributed by atoms with Crippen LogP contribution < -0.4 is 0 Å². The zero-order valence-electron chi connectivity index (χ0n) is 13.2. The molecule has 21 heavy (non-hydrogen) atoms. The van der Waals surface area contributed by atoms with Gasteiger partial charge in [0.2, 0.25) is 0 Å². The second kappa shape index (κ2) is 7.53. The zero-order chi connectivity index (χ0) is 15.2. The van der Waals surface area contributed by atoms with Crippen molar-refractivity contribution in [2.24, 2.45) is 5.92 Å². The maximum Gasteiger partial charge on any atom is 0.162 e. The van der Waals surface area contributed by atoms with Crippen molar-refractivity contribution in [3.63, 3.8) is 0 Å². The van der Waals surface area contributed by atoms with E-state index in [-0.39, 0.29) is 11.7 Å². The maximum atomic E-state index is 12.0. The Hall–Kier alpha value is -1.44. The van der Waals surface area contributed by atoms with Gasteiger partial charge in [-0.3, -0.25) is 9.59 Å². The fraction of sp³-hybridized carbons (Fsp3) is 0.579. The molecule has 0 aromatic heterocycles. The van der Waals surface area contributed by atoms with Crippen molar-refractivity contribution >= 4 is 11.6 Å². The lowest BCUT2D eigenvalue weighted by Gasteiger charge is -2.27. The fourth-order valence-corrected chi connectivity index (χ4v) is 3.26. The van der Waals surface area contributed by atoms with Gasteiger partial charge in [-0.1, -0.05) is 37.6 Å². The van der Waals surface area contributed by atoms with Crippen molar-refractivity contribution in [1.29, 1.82) is 0 Å². The van der Waals surface area contributed by atoms with Gasteiger partial charge in [-0.15, -0.1) is 0 Å². The summed E-state index contributed by atoms with van der Waals surface area (Å²) in [6.07, 6.45) is 6.88. The Balaban J connectivity index is 1.94. The second-order valence-electron chi connectivity index (χ2n) is 6.31. The molecule has 0 atom stereocenters. The molecule has 0 aliphatic heterocycles. The topological polar surface area (TPSA) is 34.1 Å². The van der Waals surface area contributed by atoms with E-state index in [1.165, 1.54) is 5.56 Å². The number of rotatable bonds is 6. The molecule has 1 aliphatic carbocycles. The molecule has 2 rings (SSSR count). The number of carbonyl (C=O) groups is 2. The van der Waals surface area contributed by atoms with Crippen molar-refractivity contribution in [2.45, 2.75) is 64.7 Å². The molecule has 1 aromatic rings. The summed E-state index contributed by atoms with van der Waals surface area (Å²) in [4.78, 5) is 23.4. The van der Waals surface area contributed by atoms with Crippen molar-refractivity contribution in [3.8, 4) is 0 Å². The fourth-order valence-electron chi connectivity index (χ4n) is 3.26. The molecule has 1 aliphatic rings. The molecule has 0 unspecified atom stereocenters. The molecule has 1 aromatic carbocycles. The molecule has 2 heteroatoms. The molecule has 0 amide bonds. The first-order valence-electron chi connectivity index (χ1n) is 8.25. The summed E-state index contributed by atoms with van der Waals surface area (Å²) < 4.78 is 0. The first kappa shape index (κ1) is 15.9. The highest BCUT2D eigenvalue weighted by Gasteiger charge is 2.24. The molecular weight excluding hydrogens is 260 g/mol. The van der Waals surface area contributed by atoms with Crippen LogP contribution in [-0.4, -0.2) is 11.6 Å². The highest BCUT2D eigenvalue weighted by Crippen LogP contribution is 2.36. The Labute approximate surface area is 127 Å². The molecule has 1 fully saturated rings. The summed E-state index contributed by atoms with van der Waals surface area (Å²) >= 11 is 0. The largest absolute Gasteiger partial charge is 0.300 e. The third kappa shape index (κ3) is 4.26. The average Bonchev–Trinajstić information content (AvgIpc) is 2.53. The van der Waals surface area contributed by atoms with Gasteiger partial charge in [0, 0.05) is 17.9 Å². The number of unbranched alkanes of at least 4 members (excludes halogenated alkanes) is 1. The molecule has 0 saturated heterocycles. The molecule has 0 radical (unpaired) electrons. The van der Waals surface area contributed by atoms with Gasteiger partial charge >= 0.3 is 0 Å². The van der Waals surface area contributed by atoms with Crippen LogP contribution in [0.15, 0.2) is 24.3 Å². The van der Waals surface area contributed by atoms with Crippen molar-refractivity contribution in [2.75, 3.05) is 0 Å². The predicted octanol–water partition coefficient (Wildman–Crippen LogP) is 4.92. The van der Waals surface area contributed by atoms with Crippen LogP contribution >= 0.6 is 0 Å². The van der Waals surface area contributed by atoms with Crippen molar-refractivity contribution in [1.82, 2.24) is 0 Å². The summed E-state index contributed by atoms with van der Waals surface area (Å²) in [7, 11) is 0. The normalized spacial score (nSPS) is 22.0. The number of benzene rings is 1. The number of ketones is 2. The maximum absolute atomic E-state index is 12.0. The van der Waals surface area contributed by atoms with Gasteiger partial charge in [0.15, 0.2) is 5.78 Å². The zero-order valence-corrected chi connectivity index (χ0v) is 13.2. The van der Waals surface area contributed by atoms with E-state index in [1.807, 2.05) is 12.1 Å². The van der Waals surface area contributed by atoms with E-state index in [9.17, 15) is 9.59 Å². The average molecular weight is 286 g/mol. The lowest BCUT2D eigenvalue weighted by Crippen LogP contribution is -2.18. The summed E-state index contributed by atoms with van der Waals surface area (Å²) in [5.41, 5.74) is 2.16. The Morgan fingerprint density at radius 1 is 1.05 bits per heavy atom. The van der Waals surface area contributed by atoms with Gasteiger partial charge in [-0.2, -0.15) is 0 Å². The van der Waals surface area contributed by atoms with Gasteiger partial charge < -0.3 is 0 Å². The van der Waals surface area contributed by atoms with E-state index in [4.69, 9.17) is 0 Å². The number of Topliss-reactive ketones (excluding diaryl/α,β-unsaturated/α-hetero) is 2. The lowest BCUT2D eigenvalue weighted by molar-refractivity contribution is -0.121. The highest BCUT2D eigenvalue weighted by molar-refractivity contribution is 5.96. The molecular formula is C19H26O2. The summed E-state index contributed by atoms with van der Waals surface area (Å²) in [6.45, 7) is 3.81. The van der Waals surface area contributed by atoms with Crippen LogP contribution in [-0.2, 0) is 4.79 Å². The first-order valence-corrected chi connectivity index (χ1v) is 8.25. The molecule has 2 nitrogen and oxygen atoms in total. The van der Waals surface area contributed by atoms with Gasteiger partial charge in [0.05, 0.1) is 0 Å². The third-order valence-corrected chi connectivity index (χ3v) is 4.76. The molecule has 0 spiro atoms. The Kier molecular flexibility index (Phi) is 5.72. The molecule has 0 bridgehead atoms. The highest BCUT2D eigenvalue weighted by atomic mass is 16.1. The smallest absolute Gasteiger partial charge is 0.162 e. The van der Waals surface area contributed by atoms with Crippen LogP contribution in [0.1, 0.15) is 80.6 Å². The van der Waals surface area contributed by atoms with Crippen LogP contribution in [0, 0.1) is 5.92 Å². The van der Waals surface area contributed by atoms with Crippen LogP contribution in [0.25, 0.3) is 0 Å². The van der Waals surface area contributed by atoms with Crippen LogP contribution in [0.2, 0.25) is 0 Å². The standard InChI is InChI=1S/C19H26O2/c1-3-4-5-19(21)18-12-10-17(11-13-18)16-8-6-15(7-9-16)14(2)20/h10-13,15-16H,3-9H2,1-2H3. The minimum atomic E-state index is 0.253. The molecule has 114 valence electrons. The van der Waals surface area contributed by atoms with Gasteiger partial charge in [0.1, 0.15) is 5.78 Å². The second-order valence-corrected chi connectivity index (χ2v) is 6.31. The first-order chi connectivity index (χ1) is 10.1. The van der Waals surface area contributed by atoms with E-state index in [0.29, 0.717) is 18.1 Å². The van der Waals surface area contributed by atoms with Gasteiger partial charge in [-0.05, 0) is 50.5 Å². The van der Waals surface area contributed by atoms with Crippen LogP contribution in [0.3, 0.4) is 0 Å². The van der Waals surface area contributed by atoms with E-state index >= 15 is 0 Å². The quantitative estimate of drug-likeness (QED) is 0.695. The van der Waals surface area contributed by atoms with E-state index in [2.05, 4.69) is 19.1 Å². The van der Waals surface area contributed by atoms with Crippen LogP contribution in [0.4, 0.5) is 0 Å². The lowest BCUT2D eigenvalue weighted by atomic mass is 9.77. The van der Waals surface area contributed by atoms with Crippen molar-refractivity contribution in [3.05, 3.63) is 35.4 Å². The SMILES string of the molecule is CCCCC(=O)c1ccc(C2CCC(C(C)=O)CC2)cc1. The van der Waals surface area contributed by atoms with Crippen LogP contribution in [0.5, 0.6) is 0 Å². The minimum absolute atomic E-state index is 0.253. The summed E-state index contributed by atoms with van der Waals surface area (Å²) in [5, 5.41) is 0. The molecule has 0 heterocycles. The Morgan fingerprint density at radius 2 is 1.67 bits per heavy atom. The van der Waals surface area contributed by atoms with Gasteiger partial charge in [0.25, 0.3) is 0 Å². The van der Waals surface area contributed by atoms with E-state index < -0.39 is 0 Å². The van der Waals surface area contributed by atoms with E-state index in [1.54, 1.807) is 6.92 Å². The Bertz CT molecular complexity index is 479. The number of carbonyl (C=O) groups excluding carboxylic acids is 2. The van der Waals surface area contributed by atoms with Crippen molar-refractivity contribution < 1.29 is 9.59 Å². The molecule has 1 saturated carbocycles.